The van der Waals surface area contributed by atoms with Crippen molar-refractivity contribution < 1.29 is 17.6 Å². The molecule has 0 N–H and O–H groups in total. The van der Waals surface area contributed by atoms with Gasteiger partial charge >= 0.3 is 6.18 Å². The van der Waals surface area contributed by atoms with Crippen LogP contribution in [0, 0.1) is 5.95 Å². The molecular weight excluding hydrogens is 320 g/mol. The molecule has 2 nitrogen and oxygen atoms in total. The SMILES string of the molecule is Fc1cc(-c2ccccc2)nn1/C(=C/C(F)(F)F)c1ccccc1. The van der Waals surface area contributed by atoms with E-state index in [4.69, 9.17) is 0 Å². The smallest absolute Gasteiger partial charge is 0.205 e. The van der Waals surface area contributed by atoms with Crippen LogP contribution in [0.2, 0.25) is 0 Å². The highest BCUT2D eigenvalue weighted by molar-refractivity contribution is 5.68. The molecule has 0 saturated carbocycles. The summed E-state index contributed by atoms with van der Waals surface area (Å²) >= 11 is 0. The van der Waals surface area contributed by atoms with E-state index >= 15 is 0 Å². The maximum atomic E-state index is 14.3. The van der Waals surface area contributed by atoms with Crippen LogP contribution in [-0.4, -0.2) is 16.0 Å². The first kappa shape index (κ1) is 16.0. The highest BCUT2D eigenvalue weighted by Crippen LogP contribution is 2.28. The third kappa shape index (κ3) is 3.53. The molecule has 0 aliphatic carbocycles. The van der Waals surface area contributed by atoms with Crippen LogP contribution >= 0.6 is 0 Å². The zero-order valence-electron chi connectivity index (χ0n) is 12.3. The first-order valence-corrected chi connectivity index (χ1v) is 7.10. The van der Waals surface area contributed by atoms with Gasteiger partial charge in [-0.1, -0.05) is 60.7 Å². The molecule has 1 aromatic heterocycles. The van der Waals surface area contributed by atoms with Crippen molar-refractivity contribution in [2.24, 2.45) is 0 Å². The van der Waals surface area contributed by atoms with E-state index in [1.165, 1.54) is 12.1 Å². The molecule has 122 valence electrons. The van der Waals surface area contributed by atoms with E-state index in [9.17, 15) is 17.6 Å². The fraction of sp³-hybridized carbons (Fsp3) is 0.0556. The number of allylic oxidation sites excluding steroid dienone is 1. The third-order valence-electron chi connectivity index (χ3n) is 3.33. The number of aromatic nitrogens is 2. The zero-order chi connectivity index (χ0) is 17.2. The summed E-state index contributed by atoms with van der Waals surface area (Å²) in [6, 6.07) is 17.6. The summed E-state index contributed by atoms with van der Waals surface area (Å²) < 4.78 is 53.7. The van der Waals surface area contributed by atoms with E-state index in [1.54, 1.807) is 48.5 Å². The lowest BCUT2D eigenvalue weighted by molar-refractivity contribution is -0.0795. The van der Waals surface area contributed by atoms with Gasteiger partial charge in [-0.2, -0.15) is 22.7 Å². The van der Waals surface area contributed by atoms with Crippen LogP contribution < -0.4 is 0 Å². The Labute approximate surface area is 135 Å². The van der Waals surface area contributed by atoms with Crippen LogP contribution in [0.25, 0.3) is 17.0 Å². The number of nitrogens with zero attached hydrogens (tertiary/aromatic N) is 2. The van der Waals surface area contributed by atoms with Gasteiger partial charge in [-0.05, 0) is 0 Å². The highest BCUT2D eigenvalue weighted by atomic mass is 19.4. The minimum atomic E-state index is -4.60. The summed E-state index contributed by atoms with van der Waals surface area (Å²) in [6.07, 6.45) is -4.55. The van der Waals surface area contributed by atoms with Crippen molar-refractivity contribution in [1.29, 1.82) is 0 Å². The lowest BCUT2D eigenvalue weighted by Gasteiger charge is -2.10. The molecule has 0 aliphatic rings. The molecule has 3 rings (SSSR count). The molecule has 2 aromatic carbocycles. The van der Waals surface area contributed by atoms with Crippen LogP contribution in [-0.2, 0) is 0 Å². The summed E-state index contributed by atoms with van der Waals surface area (Å²) in [6.45, 7) is 0. The summed E-state index contributed by atoms with van der Waals surface area (Å²) in [5.74, 6) is -0.867. The summed E-state index contributed by atoms with van der Waals surface area (Å²) in [7, 11) is 0. The van der Waals surface area contributed by atoms with Gasteiger partial charge in [0.2, 0.25) is 5.95 Å². The van der Waals surface area contributed by atoms with E-state index in [-0.39, 0.29) is 23.0 Å². The lowest BCUT2D eigenvalue weighted by Crippen LogP contribution is -2.10. The number of alkyl halides is 3. The molecule has 0 bridgehead atoms. The molecule has 3 aromatic rings. The van der Waals surface area contributed by atoms with Gasteiger partial charge in [-0.3, -0.25) is 0 Å². The van der Waals surface area contributed by atoms with Crippen molar-refractivity contribution in [2.75, 3.05) is 0 Å². The van der Waals surface area contributed by atoms with Crippen LogP contribution in [0.4, 0.5) is 17.6 Å². The van der Waals surface area contributed by atoms with Crippen molar-refractivity contribution in [3.05, 3.63) is 84.3 Å². The average Bonchev–Trinajstić information content (AvgIpc) is 2.95. The summed E-state index contributed by atoms with van der Waals surface area (Å²) in [5, 5.41) is 4.01. The number of hydrogen-bond acceptors (Lipinski definition) is 1. The van der Waals surface area contributed by atoms with Crippen molar-refractivity contribution in [1.82, 2.24) is 9.78 Å². The minimum Gasteiger partial charge on any atom is -0.205 e. The predicted octanol–water partition coefficient (Wildman–Crippen LogP) is 5.14. The van der Waals surface area contributed by atoms with E-state index < -0.39 is 12.1 Å². The van der Waals surface area contributed by atoms with E-state index in [2.05, 4.69) is 5.10 Å². The van der Waals surface area contributed by atoms with Crippen molar-refractivity contribution in [3.8, 4) is 11.3 Å². The Morgan fingerprint density at radius 2 is 1.50 bits per heavy atom. The molecule has 1 heterocycles. The van der Waals surface area contributed by atoms with Gasteiger partial charge in [0.25, 0.3) is 0 Å². The highest BCUT2D eigenvalue weighted by Gasteiger charge is 2.27. The molecule has 0 amide bonds. The first-order chi connectivity index (χ1) is 11.4. The van der Waals surface area contributed by atoms with Crippen LogP contribution in [0.1, 0.15) is 5.56 Å². The maximum absolute atomic E-state index is 14.3. The normalized spacial score (nSPS) is 12.4. The van der Waals surface area contributed by atoms with Crippen LogP contribution in [0.5, 0.6) is 0 Å². The largest absolute Gasteiger partial charge is 0.411 e. The maximum Gasteiger partial charge on any atom is 0.411 e. The van der Waals surface area contributed by atoms with Gasteiger partial charge in [0.15, 0.2) is 0 Å². The Hall–Kier alpha value is -2.89. The van der Waals surface area contributed by atoms with Crippen molar-refractivity contribution in [2.45, 2.75) is 6.18 Å². The molecule has 0 radical (unpaired) electrons. The van der Waals surface area contributed by atoms with E-state index in [0.717, 1.165) is 6.07 Å². The second-order valence-corrected chi connectivity index (χ2v) is 5.07. The minimum absolute atomic E-state index is 0.0488. The van der Waals surface area contributed by atoms with Gasteiger partial charge < -0.3 is 0 Å². The standard InChI is InChI=1S/C18H12F4N2/c19-17-11-15(13-7-3-1-4-8-13)23-24(17)16(12-18(20,21)22)14-9-5-2-6-10-14/h1-12H/b16-12+. The van der Waals surface area contributed by atoms with Gasteiger partial charge in [0.05, 0.1) is 11.4 Å². The van der Waals surface area contributed by atoms with Crippen LogP contribution in [0.3, 0.4) is 0 Å². The number of benzene rings is 2. The molecule has 24 heavy (non-hydrogen) atoms. The first-order valence-electron chi connectivity index (χ1n) is 7.10. The Kier molecular flexibility index (Phi) is 4.20. The zero-order valence-corrected chi connectivity index (χ0v) is 12.3. The molecule has 0 spiro atoms. The average molecular weight is 332 g/mol. The Morgan fingerprint density at radius 3 is 2.08 bits per heavy atom. The van der Waals surface area contributed by atoms with Crippen LogP contribution in [0.15, 0.2) is 72.8 Å². The molecule has 0 saturated heterocycles. The van der Waals surface area contributed by atoms with Crippen molar-refractivity contribution in [3.63, 3.8) is 0 Å². The van der Waals surface area contributed by atoms with E-state index in [1.807, 2.05) is 0 Å². The third-order valence-corrected chi connectivity index (χ3v) is 3.33. The Bertz CT molecular complexity index is 850. The van der Waals surface area contributed by atoms with Gasteiger partial charge in [-0.15, -0.1) is 0 Å². The molecule has 0 atom stereocenters. The van der Waals surface area contributed by atoms with Gasteiger partial charge in [0.1, 0.15) is 0 Å². The van der Waals surface area contributed by atoms with Gasteiger partial charge in [-0.25, -0.2) is 4.68 Å². The Balaban J connectivity index is 2.13. The molecule has 0 fully saturated rings. The number of hydrogen-bond donors (Lipinski definition) is 0. The predicted molar refractivity (Wildman–Crippen MR) is 83.5 cm³/mol. The monoisotopic (exact) mass is 332 g/mol. The molecular formula is C18H12F4N2. The van der Waals surface area contributed by atoms with Gasteiger partial charge in [0, 0.05) is 23.3 Å². The second kappa shape index (κ2) is 6.31. The lowest BCUT2D eigenvalue weighted by atomic mass is 10.1. The summed E-state index contributed by atoms with van der Waals surface area (Å²) in [4.78, 5) is 0. The number of rotatable bonds is 3. The molecule has 6 heteroatoms. The topological polar surface area (TPSA) is 17.8 Å². The van der Waals surface area contributed by atoms with Crippen molar-refractivity contribution >= 4 is 5.70 Å². The Morgan fingerprint density at radius 1 is 0.917 bits per heavy atom. The fourth-order valence-corrected chi connectivity index (χ4v) is 2.31. The molecule has 0 aliphatic heterocycles. The molecule has 0 unspecified atom stereocenters. The quantitative estimate of drug-likeness (QED) is 0.607. The second-order valence-electron chi connectivity index (χ2n) is 5.07. The number of halogens is 4. The summed E-state index contributed by atoms with van der Waals surface area (Å²) in [5.41, 5.74) is 0.728. The van der Waals surface area contributed by atoms with E-state index in [0.29, 0.717) is 10.2 Å². The fourth-order valence-electron chi connectivity index (χ4n) is 2.31.